The summed E-state index contributed by atoms with van der Waals surface area (Å²) in [5.41, 5.74) is 3.60. The summed E-state index contributed by atoms with van der Waals surface area (Å²) in [6, 6.07) is 2.03. The Balaban J connectivity index is 1.30. The average Bonchev–Trinajstić information content (AvgIpc) is 3.25. The summed E-state index contributed by atoms with van der Waals surface area (Å²) in [5.74, 6) is 1.04. The molecule has 1 amide bonds. The molecule has 1 N–H and O–H groups in total. The maximum atomic E-state index is 13.3. The zero-order chi connectivity index (χ0) is 22.1. The predicted molar refractivity (Wildman–Crippen MR) is 122 cm³/mol. The summed E-state index contributed by atoms with van der Waals surface area (Å²) < 4.78 is 6.60. The lowest BCUT2D eigenvalue weighted by Gasteiger charge is -2.31. The highest BCUT2D eigenvalue weighted by Crippen LogP contribution is 2.28. The van der Waals surface area contributed by atoms with Gasteiger partial charge in [0.15, 0.2) is 5.65 Å². The number of ether oxygens (including phenoxy) is 1. The summed E-state index contributed by atoms with van der Waals surface area (Å²) in [7, 11) is 1.55. The van der Waals surface area contributed by atoms with Crippen molar-refractivity contribution in [2.75, 3.05) is 39.9 Å². The quantitative estimate of drug-likeness (QED) is 0.722. The van der Waals surface area contributed by atoms with E-state index in [0.717, 1.165) is 55.7 Å². The molecule has 2 aliphatic heterocycles. The average molecular weight is 440 g/mol. The van der Waals surface area contributed by atoms with Gasteiger partial charge in [-0.3, -0.25) is 19.6 Å². The van der Waals surface area contributed by atoms with Gasteiger partial charge in [-0.05, 0) is 38.0 Å². The van der Waals surface area contributed by atoms with Crippen LogP contribution < -0.4 is 5.56 Å². The van der Waals surface area contributed by atoms with E-state index in [-0.39, 0.29) is 18.1 Å². The highest BCUT2D eigenvalue weighted by atomic mass is 16.5. The molecule has 2 aromatic rings. The number of methoxy groups -OCH3 is 1. The standard InChI is InChI=1S/C24H33N5O3/c1-32-16-23(30)28-11-7-18(8-12-28)21-13-22-25-20-9-10-27(14-17-5-3-2-4-6-17)15-19(20)24(31)29(22)26-21/h2-3,13,17-18,26H,4-12,14-16H2,1H3/t17-/m0/s1. The lowest BCUT2D eigenvalue weighted by Crippen LogP contribution is -2.40. The summed E-state index contributed by atoms with van der Waals surface area (Å²) >= 11 is 0. The number of fused-ring (bicyclic) bond motifs is 2. The summed E-state index contributed by atoms with van der Waals surface area (Å²) in [5, 5.41) is 3.34. The number of nitrogens with one attached hydrogen (secondary N) is 1. The molecule has 2 aromatic heterocycles. The molecule has 1 atom stereocenters. The second-order valence-corrected chi connectivity index (χ2v) is 9.47. The second-order valence-electron chi connectivity index (χ2n) is 9.47. The van der Waals surface area contributed by atoms with Gasteiger partial charge in [0.1, 0.15) is 6.61 Å². The van der Waals surface area contributed by atoms with Gasteiger partial charge in [-0.1, -0.05) is 12.2 Å². The van der Waals surface area contributed by atoms with Gasteiger partial charge in [-0.25, -0.2) is 9.50 Å². The lowest BCUT2D eigenvalue weighted by atomic mass is 9.93. The Labute approximate surface area is 188 Å². The fourth-order valence-electron chi connectivity index (χ4n) is 5.46. The van der Waals surface area contributed by atoms with Gasteiger partial charge in [0.05, 0.1) is 11.3 Å². The van der Waals surface area contributed by atoms with Crippen molar-refractivity contribution < 1.29 is 9.53 Å². The molecule has 0 bridgehead atoms. The minimum atomic E-state index is 0.0391. The van der Waals surface area contributed by atoms with Crippen molar-refractivity contribution in [1.82, 2.24) is 24.4 Å². The van der Waals surface area contributed by atoms with E-state index >= 15 is 0 Å². The zero-order valence-corrected chi connectivity index (χ0v) is 18.9. The first-order chi connectivity index (χ1) is 15.6. The number of piperidine rings is 1. The van der Waals surface area contributed by atoms with E-state index in [9.17, 15) is 9.59 Å². The molecule has 5 rings (SSSR count). The molecule has 0 radical (unpaired) electrons. The van der Waals surface area contributed by atoms with E-state index < -0.39 is 0 Å². The Hall–Kier alpha value is -2.45. The van der Waals surface area contributed by atoms with Crippen LogP contribution in [0.5, 0.6) is 0 Å². The maximum Gasteiger partial charge on any atom is 0.277 e. The minimum Gasteiger partial charge on any atom is -0.375 e. The van der Waals surface area contributed by atoms with Gasteiger partial charge in [0.25, 0.3) is 5.56 Å². The van der Waals surface area contributed by atoms with E-state index in [2.05, 4.69) is 22.2 Å². The first-order valence-electron chi connectivity index (χ1n) is 11.9. The number of nitrogens with zero attached hydrogens (tertiary/aromatic N) is 4. The molecule has 0 unspecified atom stereocenters. The second kappa shape index (κ2) is 9.19. The first kappa shape index (κ1) is 21.4. The Morgan fingerprint density at radius 1 is 1.22 bits per heavy atom. The molecular formula is C24H33N5O3. The van der Waals surface area contributed by atoms with Crippen molar-refractivity contribution in [1.29, 1.82) is 0 Å². The molecule has 8 nitrogen and oxygen atoms in total. The van der Waals surface area contributed by atoms with E-state index in [1.165, 1.54) is 12.8 Å². The highest BCUT2D eigenvalue weighted by molar-refractivity contribution is 5.77. The number of rotatable bonds is 5. The van der Waals surface area contributed by atoms with E-state index in [4.69, 9.17) is 9.72 Å². The topological polar surface area (TPSA) is 82.9 Å². The third-order valence-corrected chi connectivity index (χ3v) is 7.31. The number of allylic oxidation sites excluding steroid dienone is 2. The number of likely N-dealkylation sites (tertiary alicyclic amines) is 1. The van der Waals surface area contributed by atoms with Crippen molar-refractivity contribution in [2.24, 2.45) is 5.92 Å². The minimum absolute atomic E-state index is 0.0391. The number of hydrogen-bond acceptors (Lipinski definition) is 5. The number of aromatic nitrogens is 3. The van der Waals surface area contributed by atoms with Crippen molar-refractivity contribution >= 4 is 11.6 Å². The molecule has 32 heavy (non-hydrogen) atoms. The Kier molecular flexibility index (Phi) is 6.15. The fourth-order valence-corrected chi connectivity index (χ4v) is 5.46. The van der Waals surface area contributed by atoms with Crippen molar-refractivity contribution in [3.8, 4) is 0 Å². The number of carbonyl (C=O) groups excluding carboxylic acids is 1. The van der Waals surface area contributed by atoms with Crippen LogP contribution in [0.3, 0.4) is 0 Å². The monoisotopic (exact) mass is 439 g/mol. The summed E-state index contributed by atoms with van der Waals surface area (Å²) in [4.78, 5) is 34.5. The molecule has 1 aliphatic carbocycles. The number of hydrogen-bond donors (Lipinski definition) is 1. The van der Waals surface area contributed by atoms with Crippen LogP contribution in [-0.4, -0.2) is 70.2 Å². The van der Waals surface area contributed by atoms with Crippen LogP contribution in [0.25, 0.3) is 5.65 Å². The SMILES string of the molecule is COCC(=O)N1CCC(c2cc3nc4c(c(=O)n3[nH]2)CN(C[C@H]2CC=CCC2)CC4)CC1. The van der Waals surface area contributed by atoms with Crippen LogP contribution in [0.15, 0.2) is 23.0 Å². The molecule has 0 saturated carbocycles. The molecule has 3 aliphatic rings. The third kappa shape index (κ3) is 4.26. The maximum absolute atomic E-state index is 13.3. The zero-order valence-electron chi connectivity index (χ0n) is 18.9. The van der Waals surface area contributed by atoms with Crippen LogP contribution in [0.2, 0.25) is 0 Å². The van der Waals surface area contributed by atoms with Gasteiger partial charge >= 0.3 is 0 Å². The van der Waals surface area contributed by atoms with E-state index in [0.29, 0.717) is 37.1 Å². The van der Waals surface area contributed by atoms with Gasteiger partial charge in [0.2, 0.25) is 5.91 Å². The van der Waals surface area contributed by atoms with Crippen LogP contribution in [0.4, 0.5) is 0 Å². The highest BCUT2D eigenvalue weighted by Gasteiger charge is 2.27. The Morgan fingerprint density at radius 3 is 2.81 bits per heavy atom. The number of aromatic amines is 1. The summed E-state index contributed by atoms with van der Waals surface area (Å²) in [6.07, 6.45) is 10.7. The number of H-pyrrole nitrogens is 1. The molecule has 0 aromatic carbocycles. The molecule has 172 valence electrons. The molecular weight excluding hydrogens is 406 g/mol. The predicted octanol–water partition coefficient (Wildman–Crippen LogP) is 2.09. The number of amides is 1. The largest absolute Gasteiger partial charge is 0.375 e. The van der Waals surface area contributed by atoms with Crippen molar-refractivity contribution in [2.45, 2.75) is 51.0 Å². The fraction of sp³-hybridized carbons (Fsp3) is 0.625. The van der Waals surface area contributed by atoms with Crippen molar-refractivity contribution in [3.05, 3.63) is 45.5 Å². The molecule has 8 heteroatoms. The number of carbonyl (C=O) groups is 1. The van der Waals surface area contributed by atoms with Crippen LogP contribution in [0, 0.1) is 5.92 Å². The molecule has 1 fully saturated rings. The summed E-state index contributed by atoms with van der Waals surface area (Å²) in [6.45, 7) is 4.29. The lowest BCUT2D eigenvalue weighted by molar-refractivity contribution is -0.136. The van der Waals surface area contributed by atoms with Gasteiger partial charge in [-0.2, -0.15) is 0 Å². The Morgan fingerprint density at radius 2 is 2.06 bits per heavy atom. The van der Waals surface area contributed by atoms with Gasteiger partial charge < -0.3 is 9.64 Å². The third-order valence-electron chi connectivity index (χ3n) is 7.31. The van der Waals surface area contributed by atoms with E-state index in [1.54, 1.807) is 11.6 Å². The van der Waals surface area contributed by atoms with Crippen LogP contribution >= 0.6 is 0 Å². The Bertz CT molecular complexity index is 1060. The smallest absolute Gasteiger partial charge is 0.277 e. The van der Waals surface area contributed by atoms with Crippen LogP contribution in [0.1, 0.15) is 55.0 Å². The molecule has 0 spiro atoms. The first-order valence-corrected chi connectivity index (χ1v) is 11.9. The van der Waals surface area contributed by atoms with Crippen molar-refractivity contribution in [3.63, 3.8) is 0 Å². The van der Waals surface area contributed by atoms with Crippen LogP contribution in [-0.2, 0) is 22.5 Å². The normalized spacial score (nSPS) is 22.4. The molecule has 1 saturated heterocycles. The van der Waals surface area contributed by atoms with Gasteiger partial charge in [0, 0.05) is 63.9 Å². The van der Waals surface area contributed by atoms with E-state index in [1.807, 2.05) is 11.0 Å². The van der Waals surface area contributed by atoms with Gasteiger partial charge in [-0.15, -0.1) is 0 Å². The molecule has 4 heterocycles.